The molecule has 2 heterocycles. The number of para-hydroxylation sites is 1. The number of hydrogen-bond acceptors (Lipinski definition) is 3. The zero-order valence-corrected chi connectivity index (χ0v) is 13.3. The van der Waals surface area contributed by atoms with Crippen molar-refractivity contribution in [2.24, 2.45) is 0 Å². The van der Waals surface area contributed by atoms with Crippen molar-refractivity contribution in [2.75, 3.05) is 18.5 Å². The Hall–Kier alpha value is -2.83. The fourth-order valence-corrected chi connectivity index (χ4v) is 3.22. The average molecular weight is 346 g/mol. The molecule has 0 aromatic heterocycles. The van der Waals surface area contributed by atoms with Gasteiger partial charge in [-0.3, -0.25) is 0 Å². The maximum absolute atomic E-state index is 13.6. The van der Waals surface area contributed by atoms with Crippen LogP contribution in [-0.4, -0.2) is 19.2 Å². The number of ether oxygens (including phenoxy) is 2. The Balaban J connectivity index is 1.52. The molecule has 0 saturated heterocycles. The van der Waals surface area contributed by atoms with Crippen molar-refractivity contribution < 1.29 is 23.0 Å². The zero-order valence-electron chi connectivity index (χ0n) is 13.3. The van der Waals surface area contributed by atoms with Crippen LogP contribution in [0.3, 0.4) is 0 Å². The van der Waals surface area contributed by atoms with Gasteiger partial charge in [-0.25, -0.2) is 13.6 Å². The number of hydrogen-bond donors (Lipinski definition) is 2. The molecule has 25 heavy (non-hydrogen) atoms. The number of carbonyl (C=O) groups is 1. The normalized spacial score (nSPS) is 14.3. The summed E-state index contributed by atoms with van der Waals surface area (Å²) in [7, 11) is 0. The van der Waals surface area contributed by atoms with Gasteiger partial charge in [-0.2, -0.15) is 0 Å². The minimum atomic E-state index is -0.826. The largest absolute Gasteiger partial charge is 0.493 e. The number of benzene rings is 2. The zero-order chi connectivity index (χ0) is 17.4. The third-order valence-electron chi connectivity index (χ3n) is 4.39. The number of anilines is 1. The van der Waals surface area contributed by atoms with E-state index >= 15 is 0 Å². The van der Waals surface area contributed by atoms with Gasteiger partial charge in [-0.1, -0.05) is 6.07 Å². The van der Waals surface area contributed by atoms with E-state index in [2.05, 4.69) is 10.6 Å². The van der Waals surface area contributed by atoms with Gasteiger partial charge in [-0.05, 0) is 18.2 Å². The molecule has 0 atom stereocenters. The van der Waals surface area contributed by atoms with E-state index in [1.54, 1.807) is 0 Å². The smallest absolute Gasteiger partial charge is 0.319 e. The molecule has 0 saturated carbocycles. The molecule has 130 valence electrons. The molecule has 0 spiro atoms. The SMILES string of the molecule is O=C(NCc1c2c(cc3c1OCC3)OCC2)Nc1c(F)cccc1F. The summed E-state index contributed by atoms with van der Waals surface area (Å²) in [4.78, 5) is 12.1. The number of fused-ring (bicyclic) bond motifs is 2. The van der Waals surface area contributed by atoms with Crippen LogP contribution in [0.2, 0.25) is 0 Å². The minimum Gasteiger partial charge on any atom is -0.493 e. The molecular formula is C18H16F2N2O3. The molecule has 0 fully saturated rings. The highest BCUT2D eigenvalue weighted by Gasteiger charge is 2.26. The van der Waals surface area contributed by atoms with Gasteiger partial charge in [0.1, 0.15) is 28.8 Å². The summed E-state index contributed by atoms with van der Waals surface area (Å²) < 4.78 is 38.5. The summed E-state index contributed by atoms with van der Waals surface area (Å²) in [5.41, 5.74) is 2.46. The Morgan fingerprint density at radius 2 is 1.88 bits per heavy atom. The van der Waals surface area contributed by atoms with Crippen LogP contribution in [-0.2, 0) is 19.4 Å². The second-order valence-corrected chi connectivity index (χ2v) is 5.92. The summed E-state index contributed by atoms with van der Waals surface area (Å²) in [5, 5.41) is 4.85. The van der Waals surface area contributed by atoms with Crippen molar-refractivity contribution >= 4 is 11.7 Å². The van der Waals surface area contributed by atoms with Crippen LogP contribution < -0.4 is 20.1 Å². The first-order valence-electron chi connectivity index (χ1n) is 8.05. The average Bonchev–Trinajstić information content (AvgIpc) is 3.23. The van der Waals surface area contributed by atoms with Crippen molar-refractivity contribution in [3.05, 3.63) is 52.6 Å². The third kappa shape index (κ3) is 2.86. The van der Waals surface area contributed by atoms with Crippen molar-refractivity contribution in [2.45, 2.75) is 19.4 Å². The van der Waals surface area contributed by atoms with Crippen LogP contribution >= 0.6 is 0 Å². The van der Waals surface area contributed by atoms with E-state index in [1.165, 1.54) is 6.07 Å². The van der Waals surface area contributed by atoms with Crippen molar-refractivity contribution in [3.8, 4) is 11.5 Å². The minimum absolute atomic E-state index is 0.191. The van der Waals surface area contributed by atoms with E-state index in [9.17, 15) is 13.6 Å². The van der Waals surface area contributed by atoms with Crippen LogP contribution in [0, 0.1) is 11.6 Å². The van der Waals surface area contributed by atoms with E-state index in [4.69, 9.17) is 9.47 Å². The first-order chi connectivity index (χ1) is 12.1. The molecule has 0 bridgehead atoms. The molecule has 2 aromatic carbocycles. The van der Waals surface area contributed by atoms with Crippen LogP contribution in [0.4, 0.5) is 19.3 Å². The highest BCUT2D eigenvalue weighted by molar-refractivity contribution is 5.89. The maximum atomic E-state index is 13.6. The molecule has 4 rings (SSSR count). The Morgan fingerprint density at radius 1 is 1.12 bits per heavy atom. The fraction of sp³-hybridized carbons (Fsp3) is 0.278. The summed E-state index contributed by atoms with van der Waals surface area (Å²) in [6, 6.07) is 4.71. The van der Waals surface area contributed by atoms with Gasteiger partial charge >= 0.3 is 6.03 Å². The third-order valence-corrected chi connectivity index (χ3v) is 4.39. The van der Waals surface area contributed by atoms with E-state index in [0.717, 1.165) is 53.2 Å². The number of rotatable bonds is 3. The van der Waals surface area contributed by atoms with E-state index in [-0.39, 0.29) is 6.54 Å². The molecule has 0 unspecified atom stereocenters. The lowest BCUT2D eigenvalue weighted by Gasteiger charge is -2.14. The van der Waals surface area contributed by atoms with Gasteiger partial charge in [-0.15, -0.1) is 0 Å². The molecule has 0 radical (unpaired) electrons. The maximum Gasteiger partial charge on any atom is 0.319 e. The Kier molecular flexibility index (Phi) is 3.91. The quantitative estimate of drug-likeness (QED) is 0.898. The van der Waals surface area contributed by atoms with Gasteiger partial charge < -0.3 is 20.1 Å². The predicted molar refractivity (Wildman–Crippen MR) is 87.1 cm³/mol. The van der Waals surface area contributed by atoms with Crippen LogP contribution in [0.5, 0.6) is 11.5 Å². The van der Waals surface area contributed by atoms with E-state index in [0.29, 0.717) is 13.2 Å². The highest BCUT2D eigenvalue weighted by Crippen LogP contribution is 2.40. The number of urea groups is 1. The van der Waals surface area contributed by atoms with Gasteiger partial charge in [0, 0.05) is 36.1 Å². The first-order valence-corrected chi connectivity index (χ1v) is 8.05. The molecule has 2 N–H and O–H groups in total. The van der Waals surface area contributed by atoms with Crippen molar-refractivity contribution in [1.82, 2.24) is 5.32 Å². The van der Waals surface area contributed by atoms with E-state index < -0.39 is 23.4 Å². The lowest BCUT2D eigenvalue weighted by atomic mass is 9.99. The van der Waals surface area contributed by atoms with Crippen LogP contribution in [0.1, 0.15) is 16.7 Å². The summed E-state index contributed by atoms with van der Waals surface area (Å²) in [6.07, 6.45) is 1.54. The van der Waals surface area contributed by atoms with Gasteiger partial charge in [0.25, 0.3) is 0 Å². The second-order valence-electron chi connectivity index (χ2n) is 5.92. The summed E-state index contributed by atoms with van der Waals surface area (Å²) in [6.45, 7) is 1.38. The Morgan fingerprint density at radius 3 is 2.68 bits per heavy atom. The molecule has 5 nitrogen and oxygen atoms in total. The Bertz CT molecular complexity index is 802. The Labute approximate surface area is 142 Å². The lowest BCUT2D eigenvalue weighted by Crippen LogP contribution is -2.29. The number of carbonyl (C=O) groups excluding carboxylic acids is 1. The van der Waals surface area contributed by atoms with E-state index in [1.807, 2.05) is 6.07 Å². The van der Waals surface area contributed by atoms with Crippen LogP contribution in [0.25, 0.3) is 0 Å². The number of halogens is 2. The first kappa shape index (κ1) is 15.7. The highest BCUT2D eigenvalue weighted by atomic mass is 19.1. The van der Waals surface area contributed by atoms with Crippen LogP contribution in [0.15, 0.2) is 24.3 Å². The fourth-order valence-electron chi connectivity index (χ4n) is 3.22. The molecule has 2 aliphatic heterocycles. The molecule has 2 aromatic rings. The van der Waals surface area contributed by atoms with Gasteiger partial charge in [0.2, 0.25) is 0 Å². The molecule has 2 aliphatic rings. The summed E-state index contributed by atoms with van der Waals surface area (Å²) in [5.74, 6) is -0.0509. The molecule has 0 aliphatic carbocycles. The lowest BCUT2D eigenvalue weighted by molar-refractivity contribution is 0.251. The summed E-state index contributed by atoms with van der Waals surface area (Å²) >= 11 is 0. The van der Waals surface area contributed by atoms with Crippen molar-refractivity contribution in [3.63, 3.8) is 0 Å². The van der Waals surface area contributed by atoms with Gasteiger partial charge in [0.15, 0.2) is 0 Å². The molecular weight excluding hydrogens is 330 g/mol. The topological polar surface area (TPSA) is 59.6 Å². The second kappa shape index (κ2) is 6.23. The van der Waals surface area contributed by atoms with Crippen molar-refractivity contribution in [1.29, 1.82) is 0 Å². The number of amides is 2. The standard InChI is InChI=1S/C18H16F2N2O3/c19-13-2-1-3-14(20)16(13)22-18(23)21-9-12-11-5-7-24-15(11)8-10-4-6-25-17(10)12/h1-3,8H,4-7,9H2,(H2,21,22,23). The molecule has 2 amide bonds. The number of nitrogens with one attached hydrogen (secondary N) is 2. The van der Waals surface area contributed by atoms with Gasteiger partial charge in [0.05, 0.1) is 13.2 Å². The predicted octanol–water partition coefficient (Wildman–Crippen LogP) is 3.16. The molecule has 7 heteroatoms. The monoisotopic (exact) mass is 346 g/mol.